The molecule has 3 rings (SSSR count). The van der Waals surface area contributed by atoms with Crippen LogP contribution in [0.5, 0.6) is 0 Å². The second-order valence-corrected chi connectivity index (χ2v) is 9.22. The number of hydrogen-bond donors (Lipinski definition) is 3. The van der Waals surface area contributed by atoms with E-state index in [1.54, 1.807) is 6.92 Å². The molecule has 0 spiro atoms. The molecule has 7 nitrogen and oxygen atoms in total. The Bertz CT molecular complexity index is 990. The van der Waals surface area contributed by atoms with Gasteiger partial charge in [-0.15, -0.1) is 0 Å². The number of ether oxygens (including phenoxy) is 1. The molecule has 0 saturated carbocycles. The van der Waals surface area contributed by atoms with Gasteiger partial charge in [0.1, 0.15) is 12.6 Å². The first-order chi connectivity index (χ1) is 16.2. The van der Waals surface area contributed by atoms with Crippen LogP contribution in [0.3, 0.4) is 0 Å². The summed E-state index contributed by atoms with van der Waals surface area (Å²) in [6.07, 6.45) is 0.383. The maximum atomic E-state index is 12.9. The van der Waals surface area contributed by atoms with Crippen LogP contribution in [0.15, 0.2) is 48.5 Å². The summed E-state index contributed by atoms with van der Waals surface area (Å²) in [6.45, 7) is 7.53. The van der Waals surface area contributed by atoms with Gasteiger partial charge >= 0.3 is 12.1 Å². The van der Waals surface area contributed by atoms with E-state index in [0.29, 0.717) is 12.8 Å². The molecule has 2 amide bonds. The van der Waals surface area contributed by atoms with Crippen molar-refractivity contribution in [2.75, 3.05) is 6.61 Å². The van der Waals surface area contributed by atoms with Crippen LogP contribution < -0.4 is 10.6 Å². The Morgan fingerprint density at radius 2 is 1.50 bits per heavy atom. The maximum Gasteiger partial charge on any atom is 0.407 e. The number of carbonyl (C=O) groups excluding carboxylic acids is 2. The van der Waals surface area contributed by atoms with Crippen LogP contribution in [0.2, 0.25) is 0 Å². The van der Waals surface area contributed by atoms with Crippen molar-refractivity contribution in [1.29, 1.82) is 0 Å². The molecule has 1 aliphatic rings. The van der Waals surface area contributed by atoms with Gasteiger partial charge in [-0.3, -0.25) is 4.79 Å². The number of carboxylic acid groups (broad SMARTS) is 1. The Labute approximate surface area is 200 Å². The molecule has 0 heterocycles. The molecular weight excluding hydrogens is 432 g/mol. The van der Waals surface area contributed by atoms with Gasteiger partial charge in [0, 0.05) is 12.0 Å². The minimum absolute atomic E-state index is 0.0528. The number of carboxylic acids is 1. The molecular formula is C27H34N2O5. The lowest BCUT2D eigenvalue weighted by atomic mass is 9.88. The van der Waals surface area contributed by atoms with Crippen LogP contribution in [0, 0.1) is 11.8 Å². The minimum atomic E-state index is -1.06. The van der Waals surface area contributed by atoms with Crippen LogP contribution in [0.25, 0.3) is 11.1 Å². The zero-order chi connectivity index (χ0) is 24.8. The van der Waals surface area contributed by atoms with E-state index in [1.165, 1.54) is 0 Å². The first-order valence-electron chi connectivity index (χ1n) is 11.9. The highest BCUT2D eigenvalue weighted by Crippen LogP contribution is 2.44. The van der Waals surface area contributed by atoms with E-state index in [9.17, 15) is 19.5 Å². The molecule has 0 radical (unpaired) electrons. The first kappa shape index (κ1) is 25.3. The lowest BCUT2D eigenvalue weighted by Crippen LogP contribution is -2.51. The van der Waals surface area contributed by atoms with Crippen molar-refractivity contribution in [3.63, 3.8) is 0 Å². The number of fused-ring (bicyclic) bond motifs is 3. The highest BCUT2D eigenvalue weighted by atomic mass is 16.5. The lowest BCUT2D eigenvalue weighted by Gasteiger charge is -2.28. The Balaban J connectivity index is 1.63. The van der Waals surface area contributed by atoms with Crippen molar-refractivity contribution in [3.8, 4) is 11.1 Å². The summed E-state index contributed by atoms with van der Waals surface area (Å²) in [7, 11) is 0. The van der Waals surface area contributed by atoms with Crippen molar-refractivity contribution in [2.45, 2.75) is 58.5 Å². The second-order valence-electron chi connectivity index (χ2n) is 9.22. The molecule has 0 bridgehead atoms. The molecule has 2 aromatic rings. The number of nitrogens with one attached hydrogen (secondary N) is 2. The largest absolute Gasteiger partial charge is 0.480 e. The molecule has 2 aromatic carbocycles. The average molecular weight is 467 g/mol. The standard InChI is InChI=1S/C27H34N2O5/c1-5-10-23(26(31)32)29-25(30)24(16(2)3)17(4)28-27(33)34-15-22-20-13-8-6-11-18(20)19-12-7-9-14-21(19)22/h6-9,11-14,16-17,22-24H,5,10,15H2,1-4H3,(H,28,33)(H,29,30)(H,31,32)/t17?,23-,24?/m0/s1. The summed E-state index contributed by atoms with van der Waals surface area (Å²) in [4.78, 5) is 37.0. The first-order valence-corrected chi connectivity index (χ1v) is 11.9. The minimum Gasteiger partial charge on any atom is -0.480 e. The van der Waals surface area contributed by atoms with Crippen molar-refractivity contribution in [1.82, 2.24) is 10.6 Å². The molecule has 182 valence electrons. The second kappa shape index (κ2) is 11.2. The molecule has 1 aliphatic carbocycles. The van der Waals surface area contributed by atoms with Crippen molar-refractivity contribution in [2.24, 2.45) is 11.8 Å². The van der Waals surface area contributed by atoms with Gasteiger partial charge in [0.2, 0.25) is 5.91 Å². The van der Waals surface area contributed by atoms with Crippen molar-refractivity contribution >= 4 is 18.0 Å². The van der Waals surface area contributed by atoms with Crippen LogP contribution in [0.1, 0.15) is 57.6 Å². The molecule has 0 fully saturated rings. The van der Waals surface area contributed by atoms with Crippen LogP contribution in [-0.2, 0) is 14.3 Å². The lowest BCUT2D eigenvalue weighted by molar-refractivity contribution is -0.143. The topological polar surface area (TPSA) is 105 Å². The number of amides is 2. The smallest absolute Gasteiger partial charge is 0.407 e. The normalized spacial score (nSPS) is 15.1. The molecule has 0 aliphatic heterocycles. The molecule has 7 heteroatoms. The van der Waals surface area contributed by atoms with E-state index in [2.05, 4.69) is 34.9 Å². The van der Waals surface area contributed by atoms with Gasteiger partial charge in [-0.1, -0.05) is 75.7 Å². The Morgan fingerprint density at radius 3 is 2.00 bits per heavy atom. The maximum absolute atomic E-state index is 12.9. The quantitative estimate of drug-likeness (QED) is 0.476. The molecule has 3 atom stereocenters. The summed E-state index contributed by atoms with van der Waals surface area (Å²) in [5.41, 5.74) is 4.55. The summed E-state index contributed by atoms with van der Waals surface area (Å²) in [6, 6.07) is 14.7. The predicted molar refractivity (Wildman–Crippen MR) is 130 cm³/mol. The van der Waals surface area contributed by atoms with E-state index in [4.69, 9.17) is 4.74 Å². The fraction of sp³-hybridized carbons (Fsp3) is 0.444. The zero-order valence-electron chi connectivity index (χ0n) is 20.2. The van der Waals surface area contributed by atoms with Gasteiger partial charge in [-0.25, -0.2) is 9.59 Å². The van der Waals surface area contributed by atoms with Gasteiger partial charge in [0.15, 0.2) is 0 Å². The highest BCUT2D eigenvalue weighted by Gasteiger charge is 2.33. The third-order valence-corrected chi connectivity index (χ3v) is 6.44. The number of aliphatic carboxylic acids is 1. The van der Waals surface area contributed by atoms with E-state index in [-0.39, 0.29) is 24.3 Å². The molecule has 34 heavy (non-hydrogen) atoms. The Hall–Kier alpha value is -3.35. The highest BCUT2D eigenvalue weighted by molar-refractivity contribution is 5.86. The number of benzene rings is 2. The van der Waals surface area contributed by atoms with Gasteiger partial charge in [0.25, 0.3) is 0 Å². The number of rotatable bonds is 10. The van der Waals surface area contributed by atoms with Crippen LogP contribution >= 0.6 is 0 Å². The van der Waals surface area contributed by atoms with Gasteiger partial charge < -0.3 is 20.5 Å². The van der Waals surface area contributed by atoms with E-state index in [0.717, 1.165) is 22.3 Å². The SMILES string of the molecule is CCC[C@H](NC(=O)C(C(C)C)C(C)NC(=O)OCC1c2ccccc2-c2ccccc21)C(=O)O. The van der Waals surface area contributed by atoms with Crippen molar-refractivity contribution in [3.05, 3.63) is 59.7 Å². The molecule has 0 aromatic heterocycles. The van der Waals surface area contributed by atoms with Gasteiger partial charge in [0.05, 0.1) is 5.92 Å². The average Bonchev–Trinajstić information content (AvgIpc) is 3.11. The van der Waals surface area contributed by atoms with Gasteiger partial charge in [-0.2, -0.15) is 0 Å². The van der Waals surface area contributed by atoms with E-state index >= 15 is 0 Å². The molecule has 0 saturated heterocycles. The van der Waals surface area contributed by atoms with E-state index < -0.39 is 30.1 Å². The predicted octanol–water partition coefficient (Wildman–Crippen LogP) is 4.56. The summed E-state index contributed by atoms with van der Waals surface area (Å²) < 4.78 is 5.60. The summed E-state index contributed by atoms with van der Waals surface area (Å²) >= 11 is 0. The number of hydrogen-bond acceptors (Lipinski definition) is 4. The Kier molecular flexibility index (Phi) is 8.31. The molecule has 2 unspecified atom stereocenters. The third-order valence-electron chi connectivity index (χ3n) is 6.44. The number of carbonyl (C=O) groups is 3. The van der Waals surface area contributed by atoms with Crippen LogP contribution in [-0.4, -0.2) is 41.8 Å². The fourth-order valence-corrected chi connectivity index (χ4v) is 4.84. The Morgan fingerprint density at radius 1 is 0.941 bits per heavy atom. The van der Waals surface area contributed by atoms with Crippen LogP contribution in [0.4, 0.5) is 4.79 Å². The fourth-order valence-electron chi connectivity index (χ4n) is 4.84. The van der Waals surface area contributed by atoms with Crippen molar-refractivity contribution < 1.29 is 24.2 Å². The molecule has 3 N–H and O–H groups in total. The zero-order valence-corrected chi connectivity index (χ0v) is 20.2. The monoisotopic (exact) mass is 466 g/mol. The van der Waals surface area contributed by atoms with Gasteiger partial charge in [-0.05, 0) is 41.5 Å². The van der Waals surface area contributed by atoms with E-state index in [1.807, 2.05) is 45.0 Å². The summed E-state index contributed by atoms with van der Waals surface area (Å²) in [5.74, 6) is -2.21. The summed E-state index contributed by atoms with van der Waals surface area (Å²) in [5, 5.41) is 14.8. The number of alkyl carbamates (subject to hydrolysis) is 1. The third kappa shape index (κ3) is 5.58.